The second-order valence-corrected chi connectivity index (χ2v) is 9.05. The van der Waals surface area contributed by atoms with Gasteiger partial charge in [-0.1, -0.05) is 53.0 Å². The minimum Gasteiger partial charge on any atom is -0.244 e. The van der Waals surface area contributed by atoms with Crippen molar-refractivity contribution in [1.82, 2.24) is 14.0 Å². The summed E-state index contributed by atoms with van der Waals surface area (Å²) >= 11 is 0. The van der Waals surface area contributed by atoms with Gasteiger partial charge in [0.2, 0.25) is 0 Å². The Bertz CT molecular complexity index is 1220. The minimum absolute atomic E-state index is 0.161. The van der Waals surface area contributed by atoms with Gasteiger partial charge >= 0.3 is 11.4 Å². The molecule has 8 heteroatoms. The van der Waals surface area contributed by atoms with E-state index < -0.39 is 21.1 Å². The molecule has 0 saturated carbocycles. The largest absolute Gasteiger partial charge is 0.369 e. The zero-order valence-corrected chi connectivity index (χ0v) is 15.7. The highest BCUT2D eigenvalue weighted by molar-refractivity contribution is 7.93. The highest BCUT2D eigenvalue weighted by atomic mass is 32.2. The molecule has 1 aromatic heterocycles. The second kappa shape index (κ2) is 6.20. The van der Waals surface area contributed by atoms with Crippen LogP contribution in [0.25, 0.3) is 0 Å². The first-order chi connectivity index (χ1) is 13.6. The zero-order valence-electron chi connectivity index (χ0n) is 14.9. The van der Waals surface area contributed by atoms with E-state index in [1.165, 1.54) is 9.36 Å². The normalized spacial score (nSPS) is 20.1. The Morgan fingerprint density at radius 3 is 1.57 bits per heavy atom. The zero-order chi connectivity index (χ0) is 19.3. The summed E-state index contributed by atoms with van der Waals surface area (Å²) in [6, 6.07) is 17.1. The van der Waals surface area contributed by atoms with Crippen LogP contribution in [0.3, 0.4) is 0 Å². The van der Waals surface area contributed by atoms with Crippen molar-refractivity contribution in [3.05, 3.63) is 93.8 Å². The van der Waals surface area contributed by atoms with Crippen molar-refractivity contribution in [3.63, 3.8) is 0 Å². The monoisotopic (exact) mass is 394 g/mol. The van der Waals surface area contributed by atoms with E-state index in [4.69, 9.17) is 0 Å². The molecule has 2 aromatic carbocycles. The summed E-state index contributed by atoms with van der Waals surface area (Å²) in [7, 11) is -3.22. The van der Waals surface area contributed by atoms with Gasteiger partial charge in [0.1, 0.15) is 9.73 Å². The van der Waals surface area contributed by atoms with Crippen LogP contribution in [-0.4, -0.2) is 18.2 Å². The smallest absolute Gasteiger partial charge is 0.244 e. The maximum absolute atomic E-state index is 14.1. The molecule has 142 valence electrons. The van der Waals surface area contributed by atoms with E-state index in [9.17, 15) is 13.8 Å². The number of nitrogens with zero attached hydrogens (tertiary/aromatic N) is 4. The summed E-state index contributed by atoms with van der Waals surface area (Å²) in [5, 5.41) is 0. The van der Waals surface area contributed by atoms with Crippen molar-refractivity contribution in [2.75, 3.05) is 0 Å². The highest BCUT2D eigenvalue weighted by Crippen LogP contribution is 2.33. The van der Waals surface area contributed by atoms with Crippen LogP contribution in [-0.2, 0) is 9.73 Å². The molecule has 2 bridgehead atoms. The number of fused-ring (bicyclic) bond motifs is 1. The maximum atomic E-state index is 14.1. The summed E-state index contributed by atoms with van der Waals surface area (Å²) < 4.78 is 22.0. The maximum Gasteiger partial charge on any atom is 0.369 e. The van der Waals surface area contributed by atoms with Gasteiger partial charge in [0, 0.05) is 0 Å². The number of allylic oxidation sites excluding steroid dienone is 2. The lowest BCUT2D eigenvalue weighted by molar-refractivity contribution is 0.257. The topological polar surface area (TPSA) is 78.4 Å². The summed E-state index contributed by atoms with van der Waals surface area (Å²) in [6.07, 6.45) is 5.50. The van der Waals surface area contributed by atoms with Crippen LogP contribution >= 0.6 is 0 Å². The van der Waals surface area contributed by atoms with Crippen molar-refractivity contribution >= 4 is 9.73 Å². The van der Waals surface area contributed by atoms with E-state index >= 15 is 0 Å². The quantitative estimate of drug-likeness (QED) is 0.641. The van der Waals surface area contributed by atoms with Gasteiger partial charge in [-0.3, -0.25) is 0 Å². The molecule has 0 N–H and O–H groups in total. The fourth-order valence-corrected chi connectivity index (χ4v) is 5.77. The molecule has 7 nitrogen and oxygen atoms in total. The standard InChI is InChI=1S/C20H18N4O3S/c25-19-22(20(26)24-16-12-11-15(13-14-16)23(19)24)21-28(27,17-7-3-1-4-8-17)18-9-5-2-6-10-18/h1-12,15-16H,13-14H2/t15-,16-/m0/s1. The molecule has 3 heterocycles. The number of rotatable bonds is 3. The van der Waals surface area contributed by atoms with E-state index in [2.05, 4.69) is 4.47 Å². The Labute approximate surface area is 161 Å². The summed E-state index contributed by atoms with van der Waals surface area (Å²) in [5.41, 5.74) is -1.10. The van der Waals surface area contributed by atoms with Crippen molar-refractivity contribution in [2.24, 2.45) is 4.47 Å². The van der Waals surface area contributed by atoms with Crippen LogP contribution in [0.2, 0.25) is 0 Å². The third-order valence-electron chi connectivity index (χ3n) is 5.25. The van der Waals surface area contributed by atoms with Gasteiger partial charge in [-0.15, -0.1) is 4.68 Å². The number of aromatic nitrogens is 3. The lowest BCUT2D eigenvalue weighted by Crippen LogP contribution is -2.39. The first kappa shape index (κ1) is 17.0. The fraction of sp³-hybridized carbons (Fsp3) is 0.200. The Kier molecular flexibility index (Phi) is 3.77. The average molecular weight is 394 g/mol. The van der Waals surface area contributed by atoms with E-state index in [-0.39, 0.29) is 12.1 Å². The first-order valence-electron chi connectivity index (χ1n) is 9.11. The first-order valence-corrected chi connectivity index (χ1v) is 10.6. The van der Waals surface area contributed by atoms with E-state index in [1.54, 1.807) is 48.5 Å². The molecular weight excluding hydrogens is 376 g/mol. The highest BCUT2D eigenvalue weighted by Gasteiger charge is 2.34. The number of hydrogen-bond donors (Lipinski definition) is 0. The molecule has 28 heavy (non-hydrogen) atoms. The van der Waals surface area contributed by atoms with Crippen LogP contribution in [0, 0.1) is 0 Å². The number of hydrogen-bond acceptors (Lipinski definition) is 4. The van der Waals surface area contributed by atoms with Gasteiger partial charge in [0.15, 0.2) is 0 Å². The summed E-state index contributed by atoms with van der Waals surface area (Å²) in [6.45, 7) is 0. The van der Waals surface area contributed by atoms with Gasteiger partial charge in [-0.2, -0.15) is 0 Å². The van der Waals surface area contributed by atoms with Gasteiger partial charge in [-0.25, -0.2) is 23.2 Å². The van der Waals surface area contributed by atoms with Crippen LogP contribution in [0.5, 0.6) is 0 Å². The average Bonchev–Trinajstić information content (AvgIpc) is 3.02. The molecule has 1 aliphatic carbocycles. The van der Waals surface area contributed by atoms with E-state index in [0.717, 1.165) is 17.5 Å². The van der Waals surface area contributed by atoms with Crippen LogP contribution in [0.1, 0.15) is 24.9 Å². The second-order valence-electron chi connectivity index (χ2n) is 6.90. The molecule has 0 fully saturated rings. The van der Waals surface area contributed by atoms with Crippen molar-refractivity contribution in [3.8, 4) is 0 Å². The third-order valence-corrected chi connectivity index (χ3v) is 7.47. The molecule has 0 saturated heterocycles. The predicted octanol–water partition coefficient (Wildman–Crippen LogP) is 2.61. The van der Waals surface area contributed by atoms with Crippen molar-refractivity contribution < 1.29 is 4.21 Å². The predicted molar refractivity (Wildman–Crippen MR) is 105 cm³/mol. The number of benzene rings is 2. The molecule has 3 aromatic rings. The van der Waals surface area contributed by atoms with Crippen molar-refractivity contribution in [1.29, 1.82) is 0 Å². The summed E-state index contributed by atoms with van der Waals surface area (Å²) in [4.78, 5) is 26.9. The Hall–Kier alpha value is -3.13. The molecule has 6 rings (SSSR count). The Morgan fingerprint density at radius 1 is 0.750 bits per heavy atom. The molecule has 2 aliphatic heterocycles. The Morgan fingerprint density at radius 2 is 1.18 bits per heavy atom. The van der Waals surface area contributed by atoms with E-state index in [1.807, 2.05) is 24.3 Å². The molecule has 0 unspecified atom stereocenters. The fourth-order valence-electron chi connectivity index (χ4n) is 3.89. The van der Waals surface area contributed by atoms with Gasteiger partial charge in [-0.05, 0) is 37.1 Å². The molecule has 3 aliphatic rings. The Balaban J connectivity index is 1.82. The van der Waals surface area contributed by atoms with Gasteiger partial charge in [0.05, 0.1) is 21.9 Å². The lowest BCUT2D eigenvalue weighted by Gasteiger charge is -2.32. The van der Waals surface area contributed by atoms with Gasteiger partial charge in [0.25, 0.3) is 0 Å². The third kappa shape index (κ3) is 2.37. The summed E-state index contributed by atoms with van der Waals surface area (Å²) in [5.74, 6) is 0. The van der Waals surface area contributed by atoms with Gasteiger partial charge < -0.3 is 0 Å². The lowest BCUT2D eigenvalue weighted by atomic mass is 9.96. The molecule has 0 spiro atoms. The minimum atomic E-state index is -3.22. The molecule has 0 radical (unpaired) electrons. The molecule has 2 atom stereocenters. The molecule has 0 amide bonds. The van der Waals surface area contributed by atoms with Crippen LogP contribution in [0.4, 0.5) is 0 Å². The SMILES string of the molecule is O=c1n(N=S(=O)(c2ccccc2)c2ccccc2)c(=O)n2n1[C@H]1C=C[C@H]2CC1. The van der Waals surface area contributed by atoms with Crippen LogP contribution < -0.4 is 11.4 Å². The molecular formula is C20H18N4O3S. The van der Waals surface area contributed by atoms with Crippen molar-refractivity contribution in [2.45, 2.75) is 34.7 Å². The van der Waals surface area contributed by atoms with Crippen LogP contribution in [0.15, 0.2) is 96.7 Å². The van der Waals surface area contributed by atoms with E-state index in [0.29, 0.717) is 9.79 Å².